The van der Waals surface area contributed by atoms with E-state index in [1.54, 1.807) is 19.2 Å². The number of carbonyl (C=O) groups excluding carboxylic acids is 2. The molecule has 0 N–H and O–H groups in total. The van der Waals surface area contributed by atoms with Gasteiger partial charge in [0.25, 0.3) is 0 Å². The second kappa shape index (κ2) is 6.92. The Morgan fingerprint density at radius 2 is 1.52 bits per heavy atom. The second-order valence-corrected chi connectivity index (χ2v) is 4.82. The van der Waals surface area contributed by atoms with Crippen LogP contribution < -0.4 is 4.74 Å². The summed E-state index contributed by atoms with van der Waals surface area (Å²) in [6.45, 7) is 5.43. The van der Waals surface area contributed by atoms with Gasteiger partial charge in [0.05, 0.1) is 21.3 Å². The van der Waals surface area contributed by atoms with Crippen LogP contribution in [0.25, 0.3) is 5.57 Å². The lowest BCUT2D eigenvalue weighted by Crippen LogP contribution is -2.38. The summed E-state index contributed by atoms with van der Waals surface area (Å²) < 4.78 is 14.5. The number of rotatable bonds is 6. The first-order valence-corrected chi connectivity index (χ1v) is 6.38. The minimum absolute atomic E-state index is 0.110. The Labute approximate surface area is 124 Å². The third kappa shape index (κ3) is 3.62. The number of ether oxygens (including phenoxy) is 3. The molecule has 5 nitrogen and oxygen atoms in total. The van der Waals surface area contributed by atoms with Crippen LogP contribution in [0.4, 0.5) is 0 Å². The fourth-order valence-corrected chi connectivity index (χ4v) is 2.03. The zero-order chi connectivity index (χ0) is 16.0. The molecule has 21 heavy (non-hydrogen) atoms. The molecule has 0 atom stereocenters. The molecule has 0 spiro atoms. The summed E-state index contributed by atoms with van der Waals surface area (Å²) in [4.78, 5) is 23.8. The van der Waals surface area contributed by atoms with E-state index < -0.39 is 17.4 Å². The van der Waals surface area contributed by atoms with Gasteiger partial charge in [-0.05, 0) is 36.6 Å². The lowest BCUT2D eigenvalue weighted by molar-refractivity contribution is -0.167. The summed E-state index contributed by atoms with van der Waals surface area (Å²) in [6, 6.07) is 7.20. The van der Waals surface area contributed by atoms with Crippen molar-refractivity contribution in [3.05, 3.63) is 36.4 Å². The number of hydrogen-bond acceptors (Lipinski definition) is 5. The van der Waals surface area contributed by atoms with Gasteiger partial charge in [-0.3, -0.25) is 9.59 Å². The van der Waals surface area contributed by atoms with E-state index in [0.29, 0.717) is 5.57 Å². The zero-order valence-electron chi connectivity index (χ0n) is 12.8. The van der Waals surface area contributed by atoms with Gasteiger partial charge in [-0.2, -0.15) is 0 Å². The van der Waals surface area contributed by atoms with Gasteiger partial charge in [-0.25, -0.2) is 0 Å². The Balaban J connectivity index is 3.00. The minimum Gasteiger partial charge on any atom is -0.497 e. The van der Waals surface area contributed by atoms with Crippen molar-refractivity contribution in [2.24, 2.45) is 5.41 Å². The molecule has 0 aromatic heterocycles. The van der Waals surface area contributed by atoms with E-state index in [2.05, 4.69) is 6.58 Å². The van der Waals surface area contributed by atoms with Crippen molar-refractivity contribution in [2.75, 3.05) is 21.3 Å². The van der Waals surface area contributed by atoms with Crippen molar-refractivity contribution < 1.29 is 23.8 Å². The molecule has 0 heterocycles. The van der Waals surface area contributed by atoms with Crippen LogP contribution in [-0.4, -0.2) is 33.3 Å². The predicted octanol–water partition coefficient (Wildman–Crippen LogP) is 2.45. The molecule has 0 unspecified atom stereocenters. The van der Waals surface area contributed by atoms with Crippen LogP contribution >= 0.6 is 0 Å². The van der Waals surface area contributed by atoms with E-state index in [1.165, 1.54) is 21.1 Å². The first-order chi connectivity index (χ1) is 9.88. The van der Waals surface area contributed by atoms with Crippen molar-refractivity contribution in [3.8, 4) is 5.75 Å². The minimum atomic E-state index is -1.42. The maximum Gasteiger partial charge on any atom is 0.323 e. The van der Waals surface area contributed by atoms with Crippen LogP contribution in [0, 0.1) is 5.41 Å². The monoisotopic (exact) mass is 292 g/mol. The number of esters is 2. The Morgan fingerprint density at radius 3 is 1.90 bits per heavy atom. The fourth-order valence-electron chi connectivity index (χ4n) is 2.03. The first-order valence-electron chi connectivity index (χ1n) is 6.38. The summed E-state index contributed by atoms with van der Waals surface area (Å²) in [5, 5.41) is 0. The zero-order valence-corrected chi connectivity index (χ0v) is 12.8. The number of methoxy groups -OCH3 is 3. The van der Waals surface area contributed by atoms with Crippen LogP contribution in [0.1, 0.15) is 18.9 Å². The second-order valence-electron chi connectivity index (χ2n) is 4.82. The summed E-state index contributed by atoms with van der Waals surface area (Å²) in [6.07, 6.45) is 0.110. The van der Waals surface area contributed by atoms with E-state index >= 15 is 0 Å². The summed E-state index contributed by atoms with van der Waals surface area (Å²) >= 11 is 0. The molecule has 1 aromatic rings. The lowest BCUT2D eigenvalue weighted by Gasteiger charge is -2.24. The third-order valence-electron chi connectivity index (χ3n) is 3.34. The smallest absolute Gasteiger partial charge is 0.323 e. The summed E-state index contributed by atoms with van der Waals surface area (Å²) in [5.74, 6) is -0.580. The first kappa shape index (κ1) is 16.8. The van der Waals surface area contributed by atoms with Crippen molar-refractivity contribution >= 4 is 17.5 Å². The van der Waals surface area contributed by atoms with Gasteiger partial charge < -0.3 is 14.2 Å². The topological polar surface area (TPSA) is 61.8 Å². The maximum atomic E-state index is 11.9. The van der Waals surface area contributed by atoms with Crippen LogP contribution in [0.2, 0.25) is 0 Å². The van der Waals surface area contributed by atoms with Gasteiger partial charge in [0.15, 0.2) is 5.41 Å². The molecule has 0 amide bonds. The highest BCUT2D eigenvalue weighted by Crippen LogP contribution is 2.33. The normalized spacial score (nSPS) is 10.7. The van der Waals surface area contributed by atoms with Gasteiger partial charge in [-0.15, -0.1) is 0 Å². The van der Waals surface area contributed by atoms with Crippen LogP contribution in [0.3, 0.4) is 0 Å². The van der Waals surface area contributed by atoms with E-state index in [9.17, 15) is 9.59 Å². The SMILES string of the molecule is C=C(CC(C)(C(=O)OC)C(=O)OC)c1ccc(OC)cc1. The highest BCUT2D eigenvalue weighted by molar-refractivity contribution is 6.01. The Bertz CT molecular complexity index is 514. The molecule has 0 aliphatic rings. The largest absolute Gasteiger partial charge is 0.497 e. The van der Waals surface area contributed by atoms with Gasteiger partial charge in [-0.1, -0.05) is 18.7 Å². The number of carbonyl (C=O) groups is 2. The van der Waals surface area contributed by atoms with Crippen molar-refractivity contribution in [1.29, 1.82) is 0 Å². The molecule has 0 saturated heterocycles. The van der Waals surface area contributed by atoms with Crippen molar-refractivity contribution in [3.63, 3.8) is 0 Å². The van der Waals surface area contributed by atoms with E-state index in [1.807, 2.05) is 12.1 Å². The third-order valence-corrected chi connectivity index (χ3v) is 3.34. The molecule has 114 valence electrons. The van der Waals surface area contributed by atoms with Gasteiger partial charge in [0.2, 0.25) is 0 Å². The van der Waals surface area contributed by atoms with Crippen LogP contribution in [-0.2, 0) is 19.1 Å². The molecular formula is C16H20O5. The quantitative estimate of drug-likeness (QED) is 0.595. The molecule has 0 aliphatic heterocycles. The number of allylic oxidation sites excluding steroid dienone is 1. The number of benzene rings is 1. The molecule has 0 fully saturated rings. The van der Waals surface area contributed by atoms with Gasteiger partial charge in [0.1, 0.15) is 5.75 Å². The molecule has 1 rings (SSSR count). The van der Waals surface area contributed by atoms with Gasteiger partial charge >= 0.3 is 11.9 Å². The van der Waals surface area contributed by atoms with Crippen molar-refractivity contribution in [2.45, 2.75) is 13.3 Å². The van der Waals surface area contributed by atoms with E-state index in [0.717, 1.165) is 11.3 Å². The van der Waals surface area contributed by atoms with E-state index in [-0.39, 0.29) is 6.42 Å². The predicted molar refractivity (Wildman–Crippen MR) is 78.8 cm³/mol. The molecule has 0 aliphatic carbocycles. The summed E-state index contributed by atoms with van der Waals surface area (Å²) in [5.41, 5.74) is 0.0336. The Morgan fingerprint density at radius 1 is 1.05 bits per heavy atom. The van der Waals surface area contributed by atoms with Crippen molar-refractivity contribution in [1.82, 2.24) is 0 Å². The molecule has 1 aromatic carbocycles. The standard InChI is InChI=1S/C16H20O5/c1-11(12-6-8-13(19-3)9-7-12)10-16(2,14(17)20-4)15(18)21-5/h6-9H,1,10H2,2-5H3. The Kier molecular flexibility index (Phi) is 5.52. The molecular weight excluding hydrogens is 272 g/mol. The number of hydrogen-bond donors (Lipinski definition) is 0. The maximum absolute atomic E-state index is 11.9. The molecule has 0 bridgehead atoms. The lowest BCUT2D eigenvalue weighted by atomic mass is 9.82. The summed E-state index contributed by atoms with van der Waals surface area (Å²) in [7, 11) is 4.05. The average Bonchev–Trinajstić information content (AvgIpc) is 2.52. The van der Waals surface area contributed by atoms with Gasteiger partial charge in [0, 0.05) is 0 Å². The average molecular weight is 292 g/mol. The molecule has 0 radical (unpaired) electrons. The molecule has 0 saturated carbocycles. The fraction of sp³-hybridized carbons (Fsp3) is 0.375. The van der Waals surface area contributed by atoms with Crippen LogP contribution in [0.15, 0.2) is 30.8 Å². The molecule has 5 heteroatoms. The van der Waals surface area contributed by atoms with Crippen LogP contribution in [0.5, 0.6) is 5.75 Å². The van der Waals surface area contributed by atoms with E-state index in [4.69, 9.17) is 14.2 Å². The highest BCUT2D eigenvalue weighted by Gasteiger charge is 2.44. The highest BCUT2D eigenvalue weighted by atomic mass is 16.5. The Hall–Kier alpha value is -2.30.